The number of hydrogen-bond donors (Lipinski definition) is 1. The average Bonchev–Trinajstić information content (AvgIpc) is 2.03. The van der Waals surface area contributed by atoms with Crippen LogP contribution < -0.4 is 5.73 Å². The quantitative estimate of drug-likeness (QED) is 0.744. The van der Waals surface area contributed by atoms with Gasteiger partial charge in [-0.2, -0.15) is 5.26 Å². The van der Waals surface area contributed by atoms with Crippen molar-refractivity contribution >= 4 is 5.69 Å². The van der Waals surface area contributed by atoms with Crippen molar-refractivity contribution in [1.82, 2.24) is 4.98 Å². The molecule has 0 aliphatic carbocycles. The van der Waals surface area contributed by atoms with Crippen LogP contribution in [0.1, 0.15) is 25.1 Å². The van der Waals surface area contributed by atoms with Crippen LogP contribution in [0.2, 0.25) is 0 Å². The van der Waals surface area contributed by atoms with Gasteiger partial charge in [-0.1, -0.05) is 13.8 Å². The van der Waals surface area contributed by atoms with E-state index in [4.69, 9.17) is 11.0 Å². The van der Waals surface area contributed by atoms with Gasteiger partial charge >= 0.3 is 0 Å². The summed E-state index contributed by atoms with van der Waals surface area (Å²) in [6.07, 6.45) is 2.45. The van der Waals surface area contributed by atoms with Crippen LogP contribution in [-0.2, 0) is 6.42 Å². The Bertz CT molecular complexity index is 337. The lowest BCUT2D eigenvalue weighted by molar-refractivity contribution is 0.634. The number of anilines is 1. The van der Waals surface area contributed by atoms with E-state index in [1.54, 1.807) is 12.3 Å². The highest BCUT2D eigenvalue weighted by Gasteiger charge is 2.08. The fourth-order valence-corrected chi connectivity index (χ4v) is 1.19. The minimum absolute atomic E-state index is 0.487. The highest BCUT2D eigenvalue weighted by Crippen LogP contribution is 2.16. The smallest absolute Gasteiger partial charge is 0.103 e. The Kier molecular flexibility index (Phi) is 2.86. The lowest BCUT2D eigenvalue weighted by Gasteiger charge is -2.06. The topological polar surface area (TPSA) is 62.7 Å². The lowest BCUT2D eigenvalue weighted by atomic mass is 10.0. The van der Waals surface area contributed by atoms with Gasteiger partial charge in [-0.25, -0.2) is 0 Å². The van der Waals surface area contributed by atoms with Crippen LogP contribution in [0.3, 0.4) is 0 Å². The third-order valence-electron chi connectivity index (χ3n) is 1.78. The predicted molar refractivity (Wildman–Crippen MR) is 51.9 cm³/mol. The molecule has 3 heteroatoms. The van der Waals surface area contributed by atoms with E-state index >= 15 is 0 Å². The number of nitrogens with two attached hydrogens (primary N) is 1. The van der Waals surface area contributed by atoms with Gasteiger partial charge in [0.25, 0.3) is 0 Å². The highest BCUT2D eigenvalue weighted by molar-refractivity contribution is 5.55. The summed E-state index contributed by atoms with van der Waals surface area (Å²) in [7, 11) is 0. The van der Waals surface area contributed by atoms with Crippen LogP contribution in [0.25, 0.3) is 0 Å². The zero-order valence-electron chi connectivity index (χ0n) is 7.91. The molecule has 0 unspecified atom stereocenters. The van der Waals surface area contributed by atoms with E-state index in [1.807, 2.05) is 0 Å². The standard InChI is InChI=1S/C10H13N3/c1-7(2)5-10-8(6-11)9(12)3-4-13-10/h3-4,7H,5H2,1-2H3,(H2,12,13). The molecule has 0 aromatic carbocycles. The average molecular weight is 175 g/mol. The zero-order valence-corrected chi connectivity index (χ0v) is 7.91. The largest absolute Gasteiger partial charge is 0.398 e. The summed E-state index contributed by atoms with van der Waals surface area (Å²) in [5.41, 5.74) is 7.49. The molecule has 1 heterocycles. The number of nitrogens with zero attached hydrogens (tertiary/aromatic N) is 2. The summed E-state index contributed by atoms with van der Waals surface area (Å²) in [5, 5.41) is 8.84. The second-order valence-electron chi connectivity index (χ2n) is 3.43. The van der Waals surface area contributed by atoms with Crippen molar-refractivity contribution in [1.29, 1.82) is 5.26 Å². The Morgan fingerprint density at radius 3 is 2.85 bits per heavy atom. The third-order valence-corrected chi connectivity index (χ3v) is 1.78. The molecule has 0 saturated carbocycles. The van der Waals surface area contributed by atoms with Crippen LogP contribution in [0.5, 0.6) is 0 Å². The molecule has 0 atom stereocenters. The van der Waals surface area contributed by atoms with Gasteiger partial charge in [0.15, 0.2) is 0 Å². The Balaban J connectivity index is 3.07. The van der Waals surface area contributed by atoms with Gasteiger partial charge in [0.2, 0.25) is 0 Å². The number of pyridine rings is 1. The molecule has 0 aliphatic rings. The van der Waals surface area contributed by atoms with Crippen molar-refractivity contribution in [2.45, 2.75) is 20.3 Å². The van der Waals surface area contributed by atoms with Crippen molar-refractivity contribution in [3.63, 3.8) is 0 Å². The Morgan fingerprint density at radius 1 is 1.62 bits per heavy atom. The third kappa shape index (κ3) is 2.19. The Morgan fingerprint density at radius 2 is 2.31 bits per heavy atom. The predicted octanol–water partition coefficient (Wildman–Crippen LogP) is 1.73. The fourth-order valence-electron chi connectivity index (χ4n) is 1.19. The molecule has 1 aromatic rings. The molecular formula is C10H13N3. The summed E-state index contributed by atoms with van der Waals surface area (Å²) in [5.74, 6) is 0.487. The Hall–Kier alpha value is -1.56. The molecule has 13 heavy (non-hydrogen) atoms. The molecule has 0 radical (unpaired) electrons. The summed E-state index contributed by atoms with van der Waals surface area (Å²) in [4.78, 5) is 4.15. The molecule has 0 spiro atoms. The first-order valence-corrected chi connectivity index (χ1v) is 4.28. The molecule has 0 saturated heterocycles. The molecule has 0 fully saturated rings. The van der Waals surface area contributed by atoms with E-state index in [1.165, 1.54) is 0 Å². The molecule has 0 bridgehead atoms. The van der Waals surface area contributed by atoms with Crippen molar-refractivity contribution in [3.8, 4) is 6.07 Å². The van der Waals surface area contributed by atoms with E-state index in [-0.39, 0.29) is 0 Å². The first-order chi connectivity index (χ1) is 6.15. The van der Waals surface area contributed by atoms with Crippen LogP contribution >= 0.6 is 0 Å². The number of nitrogen functional groups attached to an aromatic ring is 1. The maximum absolute atomic E-state index is 8.84. The van der Waals surface area contributed by atoms with Gasteiger partial charge in [-0.3, -0.25) is 4.98 Å². The second-order valence-corrected chi connectivity index (χ2v) is 3.43. The SMILES string of the molecule is CC(C)Cc1nccc(N)c1C#N. The van der Waals surface area contributed by atoms with Gasteiger partial charge in [-0.05, 0) is 18.4 Å². The summed E-state index contributed by atoms with van der Waals surface area (Å²) in [6, 6.07) is 3.74. The summed E-state index contributed by atoms with van der Waals surface area (Å²) < 4.78 is 0. The second kappa shape index (κ2) is 3.90. The summed E-state index contributed by atoms with van der Waals surface area (Å²) in [6.45, 7) is 4.18. The van der Waals surface area contributed by atoms with Crippen molar-refractivity contribution < 1.29 is 0 Å². The monoisotopic (exact) mass is 175 g/mol. The first-order valence-electron chi connectivity index (χ1n) is 4.28. The van der Waals surface area contributed by atoms with E-state index in [0.717, 1.165) is 12.1 Å². The molecule has 2 N–H and O–H groups in total. The van der Waals surface area contributed by atoms with Crippen molar-refractivity contribution in [2.75, 3.05) is 5.73 Å². The molecule has 68 valence electrons. The van der Waals surface area contributed by atoms with E-state index < -0.39 is 0 Å². The van der Waals surface area contributed by atoms with Crippen LogP contribution in [-0.4, -0.2) is 4.98 Å². The molecule has 1 aromatic heterocycles. The molecule has 3 nitrogen and oxygen atoms in total. The number of hydrogen-bond acceptors (Lipinski definition) is 3. The van der Waals surface area contributed by atoms with Gasteiger partial charge in [0.1, 0.15) is 6.07 Å². The number of nitriles is 1. The van der Waals surface area contributed by atoms with E-state index in [2.05, 4.69) is 24.9 Å². The normalized spacial score (nSPS) is 10.0. The van der Waals surface area contributed by atoms with Gasteiger partial charge < -0.3 is 5.73 Å². The van der Waals surface area contributed by atoms with Gasteiger partial charge in [0.05, 0.1) is 16.9 Å². The summed E-state index contributed by atoms with van der Waals surface area (Å²) >= 11 is 0. The van der Waals surface area contributed by atoms with Crippen LogP contribution in [0.4, 0.5) is 5.69 Å². The number of rotatable bonds is 2. The van der Waals surface area contributed by atoms with Gasteiger partial charge in [-0.15, -0.1) is 0 Å². The maximum Gasteiger partial charge on any atom is 0.103 e. The van der Waals surface area contributed by atoms with E-state index in [9.17, 15) is 0 Å². The highest BCUT2D eigenvalue weighted by atomic mass is 14.7. The molecular weight excluding hydrogens is 162 g/mol. The fraction of sp³-hybridized carbons (Fsp3) is 0.400. The maximum atomic E-state index is 8.84. The lowest BCUT2D eigenvalue weighted by Crippen LogP contribution is -2.03. The van der Waals surface area contributed by atoms with Gasteiger partial charge in [0, 0.05) is 6.20 Å². The van der Waals surface area contributed by atoms with E-state index in [0.29, 0.717) is 17.2 Å². The van der Waals surface area contributed by atoms with Crippen molar-refractivity contribution in [2.24, 2.45) is 5.92 Å². The van der Waals surface area contributed by atoms with Crippen molar-refractivity contribution in [3.05, 3.63) is 23.5 Å². The molecule has 0 aliphatic heterocycles. The Labute approximate surface area is 78.2 Å². The minimum atomic E-state index is 0.487. The molecule has 1 rings (SSSR count). The minimum Gasteiger partial charge on any atom is -0.398 e. The zero-order chi connectivity index (χ0) is 9.84. The van der Waals surface area contributed by atoms with Crippen LogP contribution in [0, 0.1) is 17.2 Å². The molecule has 0 amide bonds. The number of aromatic nitrogens is 1. The first kappa shape index (κ1) is 9.53. The van der Waals surface area contributed by atoms with Crippen LogP contribution in [0.15, 0.2) is 12.3 Å².